The van der Waals surface area contributed by atoms with Crippen molar-refractivity contribution < 1.29 is 23.7 Å². The lowest BCUT2D eigenvalue weighted by atomic mass is 10.2. The Labute approximate surface area is 134 Å². The molecule has 1 aromatic carbocycles. The zero-order valence-corrected chi connectivity index (χ0v) is 13.2. The predicted molar refractivity (Wildman–Crippen MR) is 84.1 cm³/mol. The number of hydrogen-bond acceptors (Lipinski definition) is 6. The van der Waals surface area contributed by atoms with E-state index >= 15 is 0 Å². The number of methoxy groups -OCH3 is 3. The largest absolute Gasteiger partial charge is 0.493 e. The predicted octanol–water partition coefficient (Wildman–Crippen LogP) is 2.86. The summed E-state index contributed by atoms with van der Waals surface area (Å²) < 4.78 is 20.8. The second kappa shape index (κ2) is 7.88. The van der Waals surface area contributed by atoms with Gasteiger partial charge in [-0.1, -0.05) is 0 Å². The van der Waals surface area contributed by atoms with E-state index in [0.29, 0.717) is 22.9 Å². The molecule has 7 heteroatoms. The smallest absolute Gasteiger partial charge is 0.411 e. The molecule has 1 N–H and O–H groups in total. The second-order valence-corrected chi connectivity index (χ2v) is 4.47. The fourth-order valence-corrected chi connectivity index (χ4v) is 1.94. The van der Waals surface area contributed by atoms with E-state index < -0.39 is 6.09 Å². The van der Waals surface area contributed by atoms with Gasteiger partial charge >= 0.3 is 6.09 Å². The van der Waals surface area contributed by atoms with Gasteiger partial charge in [0.1, 0.15) is 6.61 Å². The van der Waals surface area contributed by atoms with Crippen LogP contribution < -0.4 is 19.5 Å². The molecule has 0 atom stereocenters. The molecule has 23 heavy (non-hydrogen) atoms. The molecule has 0 aliphatic carbocycles. The first kappa shape index (κ1) is 16.4. The molecule has 2 rings (SSSR count). The minimum atomic E-state index is -0.587. The number of carbonyl (C=O) groups is 1. The molecule has 1 aromatic heterocycles. The van der Waals surface area contributed by atoms with Crippen molar-refractivity contribution in [3.8, 4) is 17.2 Å². The zero-order valence-electron chi connectivity index (χ0n) is 13.2. The topological polar surface area (TPSA) is 78.9 Å². The van der Waals surface area contributed by atoms with Gasteiger partial charge in [-0.3, -0.25) is 10.3 Å². The molecule has 0 spiro atoms. The van der Waals surface area contributed by atoms with E-state index in [-0.39, 0.29) is 6.61 Å². The Kier molecular flexibility index (Phi) is 5.62. The Morgan fingerprint density at radius 3 is 2.17 bits per heavy atom. The number of ether oxygens (including phenoxy) is 4. The molecule has 1 amide bonds. The van der Waals surface area contributed by atoms with Gasteiger partial charge in [0.2, 0.25) is 5.75 Å². The van der Waals surface area contributed by atoms with Crippen LogP contribution in [0.3, 0.4) is 0 Å². The molecule has 0 saturated heterocycles. The van der Waals surface area contributed by atoms with Gasteiger partial charge in [0.15, 0.2) is 11.5 Å². The molecular weight excluding hydrogens is 300 g/mol. The van der Waals surface area contributed by atoms with Crippen molar-refractivity contribution in [3.63, 3.8) is 0 Å². The molecule has 0 unspecified atom stereocenters. The van der Waals surface area contributed by atoms with Gasteiger partial charge in [-0.2, -0.15) is 0 Å². The van der Waals surface area contributed by atoms with E-state index in [1.807, 2.05) is 0 Å². The highest BCUT2D eigenvalue weighted by Gasteiger charge is 2.14. The Morgan fingerprint density at radius 2 is 1.65 bits per heavy atom. The van der Waals surface area contributed by atoms with Gasteiger partial charge in [0.05, 0.1) is 27.0 Å². The highest BCUT2D eigenvalue weighted by Crippen LogP contribution is 2.39. The number of nitrogens with zero attached hydrogens (tertiary/aromatic N) is 1. The van der Waals surface area contributed by atoms with E-state index in [1.165, 1.54) is 21.3 Å². The lowest BCUT2D eigenvalue weighted by molar-refractivity contribution is 0.155. The van der Waals surface area contributed by atoms with Gasteiger partial charge in [-0.15, -0.1) is 0 Å². The molecule has 7 nitrogen and oxygen atoms in total. The van der Waals surface area contributed by atoms with Gasteiger partial charge in [-0.25, -0.2) is 4.79 Å². The molecule has 0 fully saturated rings. The first-order valence-corrected chi connectivity index (χ1v) is 6.80. The number of carbonyl (C=O) groups excluding carboxylic acids is 1. The molecule has 0 bridgehead atoms. The van der Waals surface area contributed by atoms with Gasteiger partial charge in [0, 0.05) is 24.5 Å². The summed E-state index contributed by atoms with van der Waals surface area (Å²) in [5.41, 5.74) is 1.32. The Hall–Kier alpha value is -2.96. The van der Waals surface area contributed by atoms with Crippen LogP contribution in [0, 0.1) is 0 Å². The Balaban J connectivity index is 2.05. The number of benzene rings is 1. The minimum absolute atomic E-state index is 0.152. The average Bonchev–Trinajstić information content (AvgIpc) is 2.59. The SMILES string of the molecule is COc1cc(NC(=O)OCc2ccncc2)cc(OC)c1OC. The van der Waals surface area contributed by atoms with E-state index in [1.54, 1.807) is 36.7 Å². The van der Waals surface area contributed by atoms with Crippen molar-refractivity contribution in [2.45, 2.75) is 6.61 Å². The number of nitrogens with one attached hydrogen (secondary N) is 1. The molecule has 122 valence electrons. The van der Waals surface area contributed by atoms with Crippen molar-refractivity contribution in [1.29, 1.82) is 0 Å². The van der Waals surface area contributed by atoms with Crippen LogP contribution in [0.25, 0.3) is 0 Å². The van der Waals surface area contributed by atoms with Crippen LogP contribution in [0.4, 0.5) is 10.5 Å². The fraction of sp³-hybridized carbons (Fsp3) is 0.250. The van der Waals surface area contributed by atoms with Crippen LogP contribution in [-0.4, -0.2) is 32.4 Å². The Morgan fingerprint density at radius 1 is 1.04 bits per heavy atom. The molecular formula is C16H18N2O5. The third-order valence-electron chi connectivity index (χ3n) is 3.03. The van der Waals surface area contributed by atoms with Crippen molar-refractivity contribution in [1.82, 2.24) is 4.98 Å². The summed E-state index contributed by atoms with van der Waals surface area (Å²) in [6, 6.07) is 6.78. The second-order valence-electron chi connectivity index (χ2n) is 4.47. The summed E-state index contributed by atoms with van der Waals surface area (Å²) >= 11 is 0. The summed E-state index contributed by atoms with van der Waals surface area (Å²) in [6.45, 7) is 0.152. The van der Waals surface area contributed by atoms with Crippen LogP contribution in [0.5, 0.6) is 17.2 Å². The highest BCUT2D eigenvalue weighted by atomic mass is 16.5. The van der Waals surface area contributed by atoms with Crippen LogP contribution in [-0.2, 0) is 11.3 Å². The zero-order chi connectivity index (χ0) is 16.7. The highest BCUT2D eigenvalue weighted by molar-refractivity contribution is 5.86. The van der Waals surface area contributed by atoms with E-state index in [0.717, 1.165) is 5.56 Å². The maximum absolute atomic E-state index is 11.9. The molecule has 0 aliphatic heterocycles. The van der Waals surface area contributed by atoms with E-state index in [2.05, 4.69) is 10.3 Å². The average molecular weight is 318 g/mol. The van der Waals surface area contributed by atoms with Crippen molar-refractivity contribution in [2.75, 3.05) is 26.6 Å². The minimum Gasteiger partial charge on any atom is -0.493 e. The van der Waals surface area contributed by atoms with Crippen molar-refractivity contribution in [3.05, 3.63) is 42.2 Å². The van der Waals surface area contributed by atoms with Crippen molar-refractivity contribution in [2.24, 2.45) is 0 Å². The third-order valence-corrected chi connectivity index (χ3v) is 3.03. The monoisotopic (exact) mass is 318 g/mol. The maximum Gasteiger partial charge on any atom is 0.411 e. The number of anilines is 1. The van der Waals surface area contributed by atoms with Crippen LogP contribution in [0.1, 0.15) is 5.56 Å². The number of pyridine rings is 1. The van der Waals surface area contributed by atoms with Crippen LogP contribution in [0.2, 0.25) is 0 Å². The fourth-order valence-electron chi connectivity index (χ4n) is 1.94. The maximum atomic E-state index is 11.9. The summed E-state index contributed by atoms with van der Waals surface area (Å²) in [5, 5.41) is 2.62. The number of hydrogen-bond donors (Lipinski definition) is 1. The molecule has 0 radical (unpaired) electrons. The molecule has 0 aliphatic rings. The van der Waals surface area contributed by atoms with Gasteiger partial charge < -0.3 is 18.9 Å². The van der Waals surface area contributed by atoms with Crippen LogP contribution in [0.15, 0.2) is 36.7 Å². The van der Waals surface area contributed by atoms with Crippen molar-refractivity contribution >= 4 is 11.8 Å². The Bertz CT molecular complexity index is 636. The lowest BCUT2D eigenvalue weighted by Gasteiger charge is -2.14. The van der Waals surface area contributed by atoms with Crippen LogP contribution >= 0.6 is 0 Å². The lowest BCUT2D eigenvalue weighted by Crippen LogP contribution is -2.13. The van der Waals surface area contributed by atoms with E-state index in [9.17, 15) is 4.79 Å². The molecule has 2 aromatic rings. The summed E-state index contributed by atoms with van der Waals surface area (Å²) in [7, 11) is 4.52. The summed E-state index contributed by atoms with van der Waals surface area (Å²) in [5.74, 6) is 1.33. The quantitative estimate of drug-likeness (QED) is 0.882. The molecule has 0 saturated carbocycles. The first-order chi connectivity index (χ1) is 11.2. The number of aromatic nitrogens is 1. The number of amides is 1. The van der Waals surface area contributed by atoms with Gasteiger partial charge in [0.25, 0.3) is 0 Å². The standard InChI is InChI=1S/C16H18N2O5/c1-20-13-8-12(9-14(21-2)15(13)22-3)18-16(19)23-10-11-4-6-17-7-5-11/h4-9H,10H2,1-3H3,(H,18,19). The summed E-state index contributed by atoms with van der Waals surface area (Å²) in [6.07, 6.45) is 2.68. The molecule has 1 heterocycles. The van der Waals surface area contributed by atoms with E-state index in [4.69, 9.17) is 18.9 Å². The third kappa shape index (κ3) is 4.26. The van der Waals surface area contributed by atoms with Gasteiger partial charge in [-0.05, 0) is 17.7 Å². The first-order valence-electron chi connectivity index (χ1n) is 6.80. The number of rotatable bonds is 6. The summed E-state index contributed by atoms with van der Waals surface area (Å²) in [4.78, 5) is 15.8. The normalized spacial score (nSPS) is 9.87.